The van der Waals surface area contributed by atoms with E-state index in [1.54, 1.807) is 41.6 Å². The van der Waals surface area contributed by atoms with E-state index in [0.717, 1.165) is 12.8 Å². The van der Waals surface area contributed by atoms with E-state index in [-0.39, 0.29) is 30.2 Å². The van der Waals surface area contributed by atoms with Crippen LogP contribution < -0.4 is 15.8 Å². The molecule has 1 unspecified atom stereocenters. The summed E-state index contributed by atoms with van der Waals surface area (Å²) in [7, 11) is 3.03. The van der Waals surface area contributed by atoms with Crippen LogP contribution in [-0.4, -0.2) is 75.7 Å². The fourth-order valence-corrected chi connectivity index (χ4v) is 4.55. The van der Waals surface area contributed by atoms with Crippen molar-refractivity contribution < 1.29 is 18.7 Å². The molecule has 39 heavy (non-hydrogen) atoms. The molecule has 0 radical (unpaired) electrons. The lowest BCUT2D eigenvalue weighted by Gasteiger charge is -2.33. The number of nitrogens with zero attached hydrogens (tertiary/aromatic N) is 5. The van der Waals surface area contributed by atoms with Crippen molar-refractivity contribution >= 4 is 17.7 Å². The van der Waals surface area contributed by atoms with E-state index in [0.29, 0.717) is 58.8 Å². The van der Waals surface area contributed by atoms with Crippen LogP contribution in [0.1, 0.15) is 12.8 Å². The van der Waals surface area contributed by atoms with Gasteiger partial charge in [-0.15, -0.1) is 0 Å². The highest BCUT2D eigenvalue weighted by Crippen LogP contribution is 2.34. The highest BCUT2D eigenvalue weighted by atomic mass is 19.1. The second-order valence-corrected chi connectivity index (χ2v) is 9.15. The second kappa shape index (κ2) is 11.4. The summed E-state index contributed by atoms with van der Waals surface area (Å²) in [4.78, 5) is 35.6. The topological polar surface area (TPSA) is 144 Å². The number of hydrogen-bond donors (Lipinski definition) is 3. The number of benzene rings is 1. The maximum atomic E-state index is 13.6. The third-order valence-corrected chi connectivity index (χ3v) is 6.49. The summed E-state index contributed by atoms with van der Waals surface area (Å²) in [5, 5.41) is 3.36. The molecule has 1 aliphatic heterocycles. The molecule has 4 heterocycles. The monoisotopic (exact) mass is 532 g/mol. The van der Waals surface area contributed by atoms with Gasteiger partial charge >= 0.3 is 0 Å². The van der Waals surface area contributed by atoms with Crippen molar-refractivity contribution in [2.24, 2.45) is 0 Å². The number of likely N-dealkylation sites (tertiary alicyclic amines) is 1. The van der Waals surface area contributed by atoms with Crippen LogP contribution in [0.4, 0.5) is 16.2 Å². The Morgan fingerprint density at radius 2 is 2.00 bits per heavy atom. The second-order valence-electron chi connectivity index (χ2n) is 9.15. The summed E-state index contributed by atoms with van der Waals surface area (Å²) in [5.74, 6) is 1.26. The van der Waals surface area contributed by atoms with E-state index in [1.807, 2.05) is 0 Å². The third kappa shape index (κ3) is 5.80. The molecule has 0 saturated carbocycles. The van der Waals surface area contributed by atoms with Gasteiger partial charge in [0.1, 0.15) is 23.9 Å². The molecule has 5 rings (SSSR count). The number of piperidine rings is 1. The molecule has 4 aromatic rings. The zero-order chi connectivity index (χ0) is 27.4. The maximum Gasteiger partial charge on any atom is 0.248 e. The van der Waals surface area contributed by atoms with Gasteiger partial charge in [0.15, 0.2) is 11.6 Å². The van der Waals surface area contributed by atoms with Crippen LogP contribution in [0.25, 0.3) is 34.0 Å². The lowest BCUT2D eigenvalue weighted by Crippen LogP contribution is -2.46. The highest BCUT2D eigenvalue weighted by molar-refractivity contribution is 5.81. The standard InChI is InChI=1S/C27H29FN8O3/c1-38-15-22(37)36-11-3-4-19(14-36)32-27-30-10-9-20(33-27)24-23(17-12-21(39-2)25(29)31-13-17)34-26(35-24)16-5-7-18(28)8-6-16/h5-10,12-13,19H,3-4,11,14-15H2,1-2H3,(H2,29,31)(H,34,35)(H,30,32,33). The number of H-pyrrole nitrogens is 1. The van der Waals surface area contributed by atoms with Crippen molar-refractivity contribution in [2.75, 3.05) is 45.0 Å². The smallest absolute Gasteiger partial charge is 0.248 e. The van der Waals surface area contributed by atoms with Crippen molar-refractivity contribution in [3.05, 3.63) is 54.6 Å². The summed E-state index contributed by atoms with van der Waals surface area (Å²) in [6.45, 7) is 1.29. The molecule has 1 saturated heterocycles. The number of halogens is 1. The normalized spacial score (nSPS) is 15.3. The van der Waals surface area contributed by atoms with Crippen molar-refractivity contribution in [3.8, 4) is 39.8 Å². The number of methoxy groups -OCH3 is 2. The summed E-state index contributed by atoms with van der Waals surface area (Å²) >= 11 is 0. The number of hydrogen-bond acceptors (Lipinski definition) is 9. The van der Waals surface area contributed by atoms with Gasteiger partial charge in [-0.1, -0.05) is 0 Å². The summed E-state index contributed by atoms with van der Waals surface area (Å²) < 4.78 is 23.9. The molecule has 0 aliphatic carbocycles. The number of anilines is 2. The Bertz CT molecular complexity index is 1460. The molecular weight excluding hydrogens is 503 g/mol. The van der Waals surface area contributed by atoms with Crippen molar-refractivity contribution in [2.45, 2.75) is 18.9 Å². The maximum absolute atomic E-state index is 13.6. The molecule has 1 amide bonds. The Labute approximate surface area is 224 Å². The van der Waals surface area contributed by atoms with Crippen LogP contribution >= 0.6 is 0 Å². The third-order valence-electron chi connectivity index (χ3n) is 6.49. The minimum atomic E-state index is -0.338. The number of rotatable bonds is 8. The number of aromatic nitrogens is 5. The lowest BCUT2D eigenvalue weighted by atomic mass is 10.1. The molecule has 4 N–H and O–H groups in total. The summed E-state index contributed by atoms with van der Waals surface area (Å²) in [6, 6.07) is 9.57. The number of aromatic amines is 1. The van der Waals surface area contributed by atoms with Crippen molar-refractivity contribution in [3.63, 3.8) is 0 Å². The van der Waals surface area contributed by atoms with Gasteiger partial charge < -0.3 is 30.4 Å². The number of amides is 1. The molecule has 1 aliphatic rings. The van der Waals surface area contributed by atoms with E-state index >= 15 is 0 Å². The molecule has 1 atom stereocenters. The number of carbonyl (C=O) groups is 1. The molecule has 3 aromatic heterocycles. The first-order valence-electron chi connectivity index (χ1n) is 12.5. The summed E-state index contributed by atoms with van der Waals surface area (Å²) in [5.41, 5.74) is 9.07. The molecule has 12 heteroatoms. The average molecular weight is 533 g/mol. The van der Waals surface area contributed by atoms with E-state index in [4.69, 9.17) is 25.2 Å². The number of imidazole rings is 1. The Morgan fingerprint density at radius 3 is 2.77 bits per heavy atom. The quantitative estimate of drug-likeness (QED) is 0.311. The van der Waals surface area contributed by atoms with E-state index < -0.39 is 0 Å². The Morgan fingerprint density at radius 1 is 1.18 bits per heavy atom. The van der Waals surface area contributed by atoms with Crippen LogP contribution in [0.15, 0.2) is 48.8 Å². The number of nitrogen functional groups attached to an aromatic ring is 1. The fraction of sp³-hybridized carbons (Fsp3) is 0.296. The number of nitrogens with one attached hydrogen (secondary N) is 2. The van der Waals surface area contributed by atoms with Crippen molar-refractivity contribution in [1.29, 1.82) is 0 Å². The number of pyridine rings is 1. The summed E-state index contributed by atoms with van der Waals surface area (Å²) in [6.07, 6.45) is 5.02. The van der Waals surface area contributed by atoms with E-state index in [1.165, 1.54) is 26.4 Å². The van der Waals surface area contributed by atoms with E-state index in [2.05, 4.69) is 20.3 Å². The predicted octanol–water partition coefficient (Wildman–Crippen LogP) is 3.37. The number of ether oxygens (including phenoxy) is 2. The molecule has 202 valence electrons. The van der Waals surface area contributed by atoms with Gasteiger partial charge in [-0.05, 0) is 49.2 Å². The van der Waals surface area contributed by atoms with Gasteiger partial charge in [0, 0.05) is 49.8 Å². The van der Waals surface area contributed by atoms with Crippen LogP contribution in [0.2, 0.25) is 0 Å². The van der Waals surface area contributed by atoms with Gasteiger partial charge in [0.05, 0.1) is 18.5 Å². The van der Waals surface area contributed by atoms with Gasteiger partial charge in [0.2, 0.25) is 11.9 Å². The first-order valence-corrected chi connectivity index (χ1v) is 12.5. The average Bonchev–Trinajstić information content (AvgIpc) is 3.40. The largest absolute Gasteiger partial charge is 0.493 e. The minimum absolute atomic E-state index is 0.00574. The highest BCUT2D eigenvalue weighted by Gasteiger charge is 2.24. The molecule has 1 aromatic carbocycles. The zero-order valence-electron chi connectivity index (χ0n) is 21.6. The van der Waals surface area contributed by atoms with Crippen molar-refractivity contribution in [1.82, 2.24) is 29.8 Å². The first kappa shape index (κ1) is 26.0. The van der Waals surface area contributed by atoms with E-state index in [9.17, 15) is 9.18 Å². The van der Waals surface area contributed by atoms with Crippen LogP contribution in [0.3, 0.4) is 0 Å². The zero-order valence-corrected chi connectivity index (χ0v) is 21.6. The molecule has 1 fully saturated rings. The Balaban J connectivity index is 1.48. The van der Waals surface area contributed by atoms with Crippen LogP contribution in [-0.2, 0) is 9.53 Å². The Hall–Kier alpha value is -4.58. The van der Waals surface area contributed by atoms with Gasteiger partial charge in [-0.2, -0.15) is 0 Å². The molecule has 11 nitrogen and oxygen atoms in total. The van der Waals surface area contributed by atoms with Gasteiger partial charge in [-0.25, -0.2) is 24.3 Å². The Kier molecular flexibility index (Phi) is 7.64. The molecule has 0 bridgehead atoms. The molecular formula is C27H29FN8O3. The van der Waals surface area contributed by atoms with Gasteiger partial charge in [-0.3, -0.25) is 4.79 Å². The van der Waals surface area contributed by atoms with Crippen LogP contribution in [0, 0.1) is 5.82 Å². The van der Waals surface area contributed by atoms with Crippen LogP contribution in [0.5, 0.6) is 5.75 Å². The number of carbonyl (C=O) groups excluding carboxylic acids is 1. The molecule has 0 spiro atoms. The first-order chi connectivity index (χ1) is 18.9. The minimum Gasteiger partial charge on any atom is -0.493 e. The van der Waals surface area contributed by atoms with Gasteiger partial charge in [0.25, 0.3) is 0 Å². The SMILES string of the molecule is COCC(=O)N1CCCC(Nc2nccc(-c3nc(-c4ccc(F)cc4)[nH]c3-c3cnc(N)c(OC)c3)n2)C1. The lowest BCUT2D eigenvalue weighted by molar-refractivity contribution is -0.136. The predicted molar refractivity (Wildman–Crippen MR) is 144 cm³/mol. The fourth-order valence-electron chi connectivity index (χ4n) is 4.55. The number of nitrogens with two attached hydrogens (primary N) is 1.